The number of aromatic amines is 1. The Morgan fingerprint density at radius 1 is 1.22 bits per heavy atom. The summed E-state index contributed by atoms with van der Waals surface area (Å²) in [4.78, 5) is 19.5. The number of ether oxygens (including phenoxy) is 1. The first-order valence-corrected chi connectivity index (χ1v) is 8.43. The van der Waals surface area contributed by atoms with Crippen LogP contribution in [0.3, 0.4) is 0 Å². The number of phenols is 1. The molecular weight excluding hydrogens is 370 g/mol. The van der Waals surface area contributed by atoms with Gasteiger partial charge in [-0.15, -0.1) is 0 Å². The van der Waals surface area contributed by atoms with Gasteiger partial charge in [-0.1, -0.05) is 22.8 Å². The molecule has 2 N–H and O–H groups in total. The van der Waals surface area contributed by atoms with Gasteiger partial charge in [0, 0.05) is 15.9 Å². The predicted molar refractivity (Wildman–Crippen MR) is 100 cm³/mol. The molecule has 0 aliphatic rings. The molecule has 4 aromatic rings. The molecule has 136 valence electrons. The maximum Gasteiger partial charge on any atom is 0.259 e. The molecule has 0 spiro atoms. The molecule has 0 aliphatic carbocycles. The van der Waals surface area contributed by atoms with Gasteiger partial charge in [-0.3, -0.25) is 4.79 Å². The van der Waals surface area contributed by atoms with Crippen LogP contribution in [0.4, 0.5) is 0 Å². The molecule has 0 bridgehead atoms. The molecule has 0 atom stereocenters. The summed E-state index contributed by atoms with van der Waals surface area (Å²) in [5, 5.41) is 14.5. The van der Waals surface area contributed by atoms with E-state index in [1.807, 2.05) is 6.07 Å². The molecule has 27 heavy (non-hydrogen) atoms. The highest BCUT2D eigenvalue weighted by Crippen LogP contribution is 2.25. The fraction of sp³-hybridized carbons (Fsp3) is 0.105. The molecule has 0 amide bonds. The number of H-pyrrole nitrogens is 1. The fourth-order valence-corrected chi connectivity index (χ4v) is 3.00. The zero-order chi connectivity index (χ0) is 19.0. The minimum Gasteiger partial charge on any atom is -0.508 e. The Hall–Kier alpha value is -3.32. The Bertz CT molecular complexity index is 1200. The second kappa shape index (κ2) is 6.77. The lowest BCUT2D eigenvalue weighted by atomic mass is 10.1. The van der Waals surface area contributed by atoms with E-state index in [-0.39, 0.29) is 23.6 Å². The van der Waals surface area contributed by atoms with E-state index in [0.29, 0.717) is 27.7 Å². The van der Waals surface area contributed by atoms with Crippen molar-refractivity contribution in [2.45, 2.75) is 6.42 Å². The molecule has 2 heterocycles. The number of rotatable bonds is 4. The van der Waals surface area contributed by atoms with Crippen LogP contribution in [0.2, 0.25) is 5.02 Å². The lowest BCUT2D eigenvalue weighted by Gasteiger charge is -2.03. The number of hydrogen-bond acceptors (Lipinski definition) is 6. The lowest BCUT2D eigenvalue weighted by Crippen LogP contribution is -2.09. The third kappa shape index (κ3) is 3.37. The first-order chi connectivity index (χ1) is 13.0. The molecule has 0 unspecified atom stereocenters. The first-order valence-electron chi connectivity index (χ1n) is 8.05. The highest BCUT2D eigenvalue weighted by Gasteiger charge is 2.15. The van der Waals surface area contributed by atoms with Crippen molar-refractivity contribution < 1.29 is 14.4 Å². The highest BCUT2D eigenvalue weighted by atomic mass is 35.5. The van der Waals surface area contributed by atoms with E-state index in [9.17, 15) is 9.90 Å². The van der Waals surface area contributed by atoms with E-state index in [2.05, 4.69) is 15.1 Å². The summed E-state index contributed by atoms with van der Waals surface area (Å²) in [5.74, 6) is 1.25. The Morgan fingerprint density at radius 2 is 2.07 bits per heavy atom. The third-order valence-corrected chi connectivity index (χ3v) is 4.49. The van der Waals surface area contributed by atoms with Crippen LogP contribution in [0.1, 0.15) is 11.5 Å². The minimum atomic E-state index is -0.317. The van der Waals surface area contributed by atoms with Crippen LogP contribution in [0.5, 0.6) is 11.5 Å². The van der Waals surface area contributed by atoms with Crippen molar-refractivity contribution in [3.05, 3.63) is 69.3 Å². The Kier molecular flexibility index (Phi) is 4.29. The first kappa shape index (κ1) is 17.1. The van der Waals surface area contributed by atoms with Crippen LogP contribution in [0.25, 0.3) is 22.3 Å². The summed E-state index contributed by atoms with van der Waals surface area (Å²) in [6, 6.07) is 11.7. The average Bonchev–Trinajstić information content (AvgIpc) is 3.11. The summed E-state index contributed by atoms with van der Waals surface area (Å²) in [6.07, 6.45) is 0.283. The van der Waals surface area contributed by atoms with Crippen molar-refractivity contribution in [3.63, 3.8) is 0 Å². The van der Waals surface area contributed by atoms with E-state index in [0.717, 1.165) is 10.9 Å². The van der Waals surface area contributed by atoms with Gasteiger partial charge in [0.25, 0.3) is 5.56 Å². The number of hydrogen-bond donors (Lipinski definition) is 2. The molecule has 7 nitrogen and oxygen atoms in total. The van der Waals surface area contributed by atoms with Crippen LogP contribution in [-0.4, -0.2) is 27.3 Å². The summed E-state index contributed by atoms with van der Waals surface area (Å²) in [5.41, 5.74) is 1.39. The molecule has 0 saturated carbocycles. The maximum absolute atomic E-state index is 12.4. The van der Waals surface area contributed by atoms with Gasteiger partial charge in [-0.05, 0) is 42.0 Å². The van der Waals surface area contributed by atoms with Gasteiger partial charge < -0.3 is 19.4 Å². The smallest absolute Gasteiger partial charge is 0.259 e. The van der Waals surface area contributed by atoms with Gasteiger partial charge in [0.05, 0.1) is 19.1 Å². The number of aromatic hydroxyl groups is 1. The second-order valence-corrected chi connectivity index (χ2v) is 6.34. The molecule has 2 aromatic heterocycles. The molecule has 0 aliphatic heterocycles. The maximum atomic E-state index is 12.4. The van der Waals surface area contributed by atoms with E-state index in [4.69, 9.17) is 20.9 Å². The number of methoxy groups -OCH3 is 1. The monoisotopic (exact) mass is 383 g/mol. The van der Waals surface area contributed by atoms with E-state index >= 15 is 0 Å². The van der Waals surface area contributed by atoms with Gasteiger partial charge in [0.15, 0.2) is 0 Å². The van der Waals surface area contributed by atoms with Crippen LogP contribution >= 0.6 is 11.6 Å². The Morgan fingerprint density at radius 3 is 2.85 bits per heavy atom. The number of nitrogens with one attached hydrogen (secondary N) is 1. The number of phenolic OH excluding ortho intramolecular Hbond substituents is 1. The molecule has 4 rings (SSSR count). The molecule has 8 heteroatoms. The molecule has 0 radical (unpaired) electrons. The standard InChI is InChI=1S/C19H14ClN3O4/c1-26-13-4-5-16-11(6-13)7-14(19(25)21-16)18-22-17(27-23-18)8-10-2-3-12(24)9-15(10)20/h2-7,9,24H,8H2,1H3,(H,21,25). The topological polar surface area (TPSA) is 101 Å². The van der Waals surface area contributed by atoms with E-state index < -0.39 is 0 Å². The van der Waals surface area contributed by atoms with Crippen molar-refractivity contribution in [1.29, 1.82) is 0 Å². The lowest BCUT2D eigenvalue weighted by molar-refractivity contribution is 0.385. The van der Waals surface area contributed by atoms with Crippen LogP contribution < -0.4 is 10.3 Å². The van der Waals surface area contributed by atoms with Gasteiger partial charge in [-0.2, -0.15) is 4.98 Å². The van der Waals surface area contributed by atoms with Crippen LogP contribution in [0, 0.1) is 0 Å². The Labute approximate surface area is 158 Å². The minimum absolute atomic E-state index is 0.0769. The molecule has 0 fully saturated rings. The van der Waals surface area contributed by atoms with Crippen molar-refractivity contribution in [2.75, 3.05) is 7.11 Å². The zero-order valence-corrected chi connectivity index (χ0v) is 14.9. The molecule has 2 aromatic carbocycles. The highest BCUT2D eigenvalue weighted by molar-refractivity contribution is 6.31. The van der Waals surface area contributed by atoms with E-state index in [1.165, 1.54) is 12.1 Å². The van der Waals surface area contributed by atoms with Crippen LogP contribution in [0.15, 0.2) is 51.8 Å². The van der Waals surface area contributed by atoms with Gasteiger partial charge in [0.2, 0.25) is 11.7 Å². The van der Waals surface area contributed by atoms with Gasteiger partial charge >= 0.3 is 0 Å². The SMILES string of the molecule is COc1ccc2[nH]c(=O)c(-c3noc(Cc4ccc(O)cc4Cl)n3)cc2c1. The normalized spacial score (nSPS) is 11.0. The number of halogens is 1. The van der Waals surface area contributed by atoms with Crippen LogP contribution in [-0.2, 0) is 6.42 Å². The Balaban J connectivity index is 1.70. The number of aromatic nitrogens is 3. The summed E-state index contributed by atoms with van der Waals surface area (Å²) < 4.78 is 10.5. The van der Waals surface area contributed by atoms with Crippen molar-refractivity contribution in [1.82, 2.24) is 15.1 Å². The zero-order valence-electron chi connectivity index (χ0n) is 14.2. The van der Waals surface area contributed by atoms with Gasteiger partial charge in [-0.25, -0.2) is 0 Å². The van der Waals surface area contributed by atoms with Gasteiger partial charge in [0.1, 0.15) is 11.5 Å². The average molecular weight is 384 g/mol. The largest absolute Gasteiger partial charge is 0.508 e. The number of pyridine rings is 1. The molecular formula is C19H14ClN3O4. The molecule has 0 saturated heterocycles. The van der Waals surface area contributed by atoms with Crippen molar-refractivity contribution in [2.24, 2.45) is 0 Å². The fourth-order valence-electron chi connectivity index (χ4n) is 2.76. The third-order valence-electron chi connectivity index (χ3n) is 4.14. The van der Waals surface area contributed by atoms with E-state index in [1.54, 1.807) is 31.4 Å². The summed E-state index contributed by atoms with van der Waals surface area (Å²) in [7, 11) is 1.58. The summed E-state index contributed by atoms with van der Waals surface area (Å²) in [6.45, 7) is 0. The van der Waals surface area contributed by atoms with Crippen molar-refractivity contribution >= 4 is 22.5 Å². The summed E-state index contributed by atoms with van der Waals surface area (Å²) >= 11 is 6.11. The number of benzene rings is 2. The predicted octanol–water partition coefficient (Wildman–Crippen LogP) is 3.54. The second-order valence-electron chi connectivity index (χ2n) is 5.93. The quantitative estimate of drug-likeness (QED) is 0.559. The number of fused-ring (bicyclic) bond motifs is 1. The number of nitrogens with zero attached hydrogens (tertiary/aromatic N) is 2. The van der Waals surface area contributed by atoms with Crippen molar-refractivity contribution in [3.8, 4) is 22.9 Å².